The number of thioether (sulfide) groups is 1. The average molecular weight is 517 g/mol. The van der Waals surface area contributed by atoms with E-state index in [1.54, 1.807) is 25.1 Å². The summed E-state index contributed by atoms with van der Waals surface area (Å²) in [6.45, 7) is 4.47. The van der Waals surface area contributed by atoms with Gasteiger partial charge in [0.2, 0.25) is 0 Å². The van der Waals surface area contributed by atoms with Gasteiger partial charge in [-0.25, -0.2) is 0 Å². The number of methoxy groups -OCH3 is 1. The van der Waals surface area contributed by atoms with Gasteiger partial charge in [0.25, 0.3) is 11.8 Å². The molecule has 37 heavy (non-hydrogen) atoms. The highest BCUT2D eigenvalue weighted by atomic mass is 32.2. The number of likely N-dealkylation sites (N-methyl/N-ethyl adjacent to an activating group) is 1. The molecule has 6 nitrogen and oxygen atoms in total. The van der Waals surface area contributed by atoms with Crippen molar-refractivity contribution in [1.82, 2.24) is 5.32 Å². The summed E-state index contributed by atoms with van der Waals surface area (Å²) in [5, 5.41) is 3.08. The van der Waals surface area contributed by atoms with Crippen LogP contribution in [0.4, 0.5) is 5.69 Å². The Hall–Kier alpha value is -3.71. The molecular weight excluding hydrogens is 484 g/mol. The number of anilines is 1. The topological polar surface area (TPSA) is 67.9 Å². The van der Waals surface area contributed by atoms with Gasteiger partial charge in [-0.1, -0.05) is 48.2 Å². The second-order valence-electron chi connectivity index (χ2n) is 8.90. The van der Waals surface area contributed by atoms with Crippen molar-refractivity contribution in [1.29, 1.82) is 0 Å². The smallest absolute Gasteiger partial charge is 0.264 e. The molecule has 0 fully saturated rings. The first-order chi connectivity index (χ1) is 17.9. The highest BCUT2D eigenvalue weighted by Gasteiger charge is 2.27. The quantitative estimate of drug-likeness (QED) is 0.356. The third-order valence-electron chi connectivity index (χ3n) is 6.19. The molecule has 0 spiro atoms. The van der Waals surface area contributed by atoms with Crippen LogP contribution in [0.1, 0.15) is 41.8 Å². The van der Waals surface area contributed by atoms with Gasteiger partial charge in [-0.15, -0.1) is 0 Å². The van der Waals surface area contributed by atoms with Gasteiger partial charge in [-0.05, 0) is 74.2 Å². The van der Waals surface area contributed by atoms with Crippen LogP contribution in [0.25, 0.3) is 6.08 Å². The zero-order valence-electron chi connectivity index (χ0n) is 21.6. The molecule has 0 aromatic heterocycles. The molecule has 0 aliphatic carbocycles. The van der Waals surface area contributed by atoms with E-state index in [1.807, 2.05) is 68.5 Å². The average Bonchev–Trinajstić information content (AvgIpc) is 2.91. The second-order valence-corrected chi connectivity index (χ2v) is 9.98. The molecule has 4 rings (SSSR count). The SMILES string of the molecule is CCOc1ccc(C=C2Sc3ccc(C(=O)NC(C)CCc4ccccc4)cc3N(C)C2=O)cc1OC. The number of nitrogens with one attached hydrogen (secondary N) is 1. The predicted molar refractivity (Wildman–Crippen MR) is 150 cm³/mol. The monoisotopic (exact) mass is 516 g/mol. The Morgan fingerprint density at radius 3 is 2.59 bits per heavy atom. The van der Waals surface area contributed by atoms with E-state index in [0.717, 1.165) is 29.0 Å². The van der Waals surface area contributed by atoms with Crippen molar-refractivity contribution in [2.45, 2.75) is 37.6 Å². The third kappa shape index (κ3) is 6.35. The zero-order chi connectivity index (χ0) is 26.4. The van der Waals surface area contributed by atoms with Gasteiger partial charge in [0.1, 0.15) is 0 Å². The Kier molecular flexibility index (Phi) is 8.56. The number of ether oxygens (including phenoxy) is 2. The van der Waals surface area contributed by atoms with Crippen LogP contribution in [0.3, 0.4) is 0 Å². The molecule has 1 heterocycles. The summed E-state index contributed by atoms with van der Waals surface area (Å²) < 4.78 is 11.0. The number of carbonyl (C=O) groups excluding carboxylic acids is 2. The summed E-state index contributed by atoms with van der Waals surface area (Å²) in [4.78, 5) is 29.2. The zero-order valence-corrected chi connectivity index (χ0v) is 22.4. The highest BCUT2D eigenvalue weighted by Crippen LogP contribution is 2.42. The lowest BCUT2D eigenvalue weighted by atomic mass is 10.1. The summed E-state index contributed by atoms with van der Waals surface area (Å²) in [7, 11) is 3.33. The maximum absolute atomic E-state index is 13.2. The van der Waals surface area contributed by atoms with E-state index in [1.165, 1.54) is 17.3 Å². The summed E-state index contributed by atoms with van der Waals surface area (Å²) in [6, 6.07) is 21.4. The fraction of sp³-hybridized carbons (Fsp3) is 0.267. The summed E-state index contributed by atoms with van der Waals surface area (Å²) in [5.41, 5.74) is 3.35. The molecule has 192 valence electrons. The van der Waals surface area contributed by atoms with Crippen LogP contribution in [-0.4, -0.2) is 38.6 Å². The molecule has 3 aromatic rings. The lowest BCUT2D eigenvalue weighted by molar-refractivity contribution is -0.114. The Balaban J connectivity index is 1.47. The molecule has 1 N–H and O–H groups in total. The lowest BCUT2D eigenvalue weighted by Crippen LogP contribution is -2.34. The van der Waals surface area contributed by atoms with Gasteiger partial charge >= 0.3 is 0 Å². The number of rotatable bonds is 9. The fourth-order valence-corrected chi connectivity index (χ4v) is 5.23. The van der Waals surface area contributed by atoms with Crippen LogP contribution >= 0.6 is 11.8 Å². The molecule has 1 aliphatic heterocycles. The van der Waals surface area contributed by atoms with Crippen molar-refractivity contribution in [3.05, 3.63) is 88.3 Å². The number of benzene rings is 3. The third-order valence-corrected chi connectivity index (χ3v) is 7.27. The van der Waals surface area contributed by atoms with E-state index in [0.29, 0.717) is 28.6 Å². The molecule has 2 amide bonds. The van der Waals surface area contributed by atoms with Gasteiger partial charge in [0, 0.05) is 23.5 Å². The summed E-state index contributed by atoms with van der Waals surface area (Å²) >= 11 is 1.40. The number of nitrogens with zero attached hydrogens (tertiary/aromatic N) is 1. The van der Waals surface area contributed by atoms with E-state index >= 15 is 0 Å². The largest absolute Gasteiger partial charge is 0.493 e. The van der Waals surface area contributed by atoms with Crippen molar-refractivity contribution in [2.75, 3.05) is 25.7 Å². The van der Waals surface area contributed by atoms with Gasteiger partial charge in [-0.2, -0.15) is 0 Å². The van der Waals surface area contributed by atoms with Crippen LogP contribution in [0.15, 0.2) is 76.5 Å². The molecule has 1 aliphatic rings. The first kappa shape index (κ1) is 26.4. The number of aryl methyl sites for hydroxylation is 1. The molecular formula is C30H32N2O4S. The first-order valence-corrected chi connectivity index (χ1v) is 13.2. The van der Waals surface area contributed by atoms with Crippen LogP contribution < -0.4 is 19.7 Å². The number of carbonyl (C=O) groups is 2. The number of amides is 2. The van der Waals surface area contributed by atoms with Crippen LogP contribution in [-0.2, 0) is 11.2 Å². The van der Waals surface area contributed by atoms with Gasteiger partial charge in [0.15, 0.2) is 11.5 Å². The molecule has 0 saturated carbocycles. The standard InChI is InChI=1S/C30H32N2O4S/c1-5-36-25-15-13-22(17-26(25)35-4)18-28-30(34)32(3)24-19-23(14-16-27(24)37-28)29(33)31-20(2)11-12-21-9-7-6-8-10-21/h6-10,13-20H,5,11-12H2,1-4H3,(H,31,33). The Labute approximate surface area is 222 Å². The minimum Gasteiger partial charge on any atom is -0.493 e. The fourth-order valence-electron chi connectivity index (χ4n) is 4.14. The van der Waals surface area contributed by atoms with Crippen molar-refractivity contribution >= 4 is 35.3 Å². The Bertz CT molecular complexity index is 1310. The normalized spacial score (nSPS) is 14.8. The summed E-state index contributed by atoms with van der Waals surface area (Å²) in [6.07, 6.45) is 3.59. The minimum atomic E-state index is -0.142. The van der Waals surface area contributed by atoms with Gasteiger partial charge < -0.3 is 19.7 Å². The number of fused-ring (bicyclic) bond motifs is 1. The maximum Gasteiger partial charge on any atom is 0.264 e. The van der Waals surface area contributed by atoms with Gasteiger partial charge in [0.05, 0.1) is 24.3 Å². The van der Waals surface area contributed by atoms with Crippen molar-refractivity contribution in [3.63, 3.8) is 0 Å². The number of hydrogen-bond acceptors (Lipinski definition) is 5. The first-order valence-electron chi connectivity index (χ1n) is 12.4. The molecule has 1 atom stereocenters. The minimum absolute atomic E-state index is 0.0260. The van der Waals surface area contributed by atoms with Crippen molar-refractivity contribution < 1.29 is 19.1 Å². The van der Waals surface area contributed by atoms with Crippen molar-refractivity contribution in [2.24, 2.45) is 0 Å². The van der Waals surface area contributed by atoms with E-state index in [4.69, 9.17) is 9.47 Å². The van der Waals surface area contributed by atoms with Crippen molar-refractivity contribution in [3.8, 4) is 11.5 Å². The van der Waals surface area contributed by atoms with Gasteiger partial charge in [-0.3, -0.25) is 9.59 Å². The van der Waals surface area contributed by atoms with Crippen LogP contribution in [0.5, 0.6) is 11.5 Å². The van der Waals surface area contributed by atoms with E-state index < -0.39 is 0 Å². The maximum atomic E-state index is 13.2. The second kappa shape index (κ2) is 12.0. The van der Waals surface area contributed by atoms with E-state index in [2.05, 4.69) is 17.4 Å². The van der Waals surface area contributed by atoms with Crippen LogP contribution in [0, 0.1) is 0 Å². The predicted octanol–water partition coefficient (Wildman–Crippen LogP) is 5.95. The Morgan fingerprint density at radius 1 is 1.08 bits per heavy atom. The Morgan fingerprint density at radius 2 is 1.86 bits per heavy atom. The molecule has 0 bridgehead atoms. The highest BCUT2D eigenvalue weighted by molar-refractivity contribution is 8.04. The summed E-state index contributed by atoms with van der Waals surface area (Å²) in [5.74, 6) is 1.01. The van der Waals surface area contributed by atoms with E-state index in [-0.39, 0.29) is 17.9 Å². The van der Waals surface area contributed by atoms with E-state index in [9.17, 15) is 9.59 Å². The molecule has 7 heteroatoms. The molecule has 1 unspecified atom stereocenters. The molecule has 0 saturated heterocycles. The lowest BCUT2D eigenvalue weighted by Gasteiger charge is -2.27. The van der Waals surface area contributed by atoms with Crippen LogP contribution in [0.2, 0.25) is 0 Å². The molecule has 3 aromatic carbocycles. The molecule has 0 radical (unpaired) electrons. The number of hydrogen-bond donors (Lipinski definition) is 1.